The molecular weight excluding hydrogens is 364 g/mol. The Kier molecular flexibility index (Phi) is 6.09. The molecule has 154 valence electrons. The lowest BCUT2D eigenvalue weighted by Crippen LogP contribution is -2.44. The molecule has 6 heteroatoms. The van der Waals surface area contributed by atoms with Crippen LogP contribution >= 0.6 is 0 Å². The van der Waals surface area contributed by atoms with Gasteiger partial charge in [0.1, 0.15) is 5.56 Å². The van der Waals surface area contributed by atoms with Crippen LogP contribution in [0.2, 0.25) is 0 Å². The van der Waals surface area contributed by atoms with E-state index in [4.69, 9.17) is 0 Å². The van der Waals surface area contributed by atoms with E-state index in [2.05, 4.69) is 20.2 Å². The van der Waals surface area contributed by atoms with Crippen LogP contribution in [0, 0.1) is 5.41 Å². The maximum atomic E-state index is 12.4. The van der Waals surface area contributed by atoms with E-state index in [0.717, 1.165) is 19.6 Å². The van der Waals surface area contributed by atoms with Crippen LogP contribution < -0.4 is 10.9 Å². The number of carbonyl (C=O) groups excluding carboxylic acids is 1. The number of rotatable bonds is 5. The zero-order chi connectivity index (χ0) is 20.1. The summed E-state index contributed by atoms with van der Waals surface area (Å²) >= 11 is 0. The zero-order valence-corrected chi connectivity index (χ0v) is 17.0. The van der Waals surface area contributed by atoms with Gasteiger partial charge in [-0.3, -0.25) is 14.6 Å². The molecule has 0 bridgehead atoms. The fourth-order valence-electron chi connectivity index (χ4n) is 4.80. The van der Waals surface area contributed by atoms with Crippen molar-refractivity contribution in [3.63, 3.8) is 0 Å². The summed E-state index contributed by atoms with van der Waals surface area (Å²) in [5.41, 5.74) is 1.64. The molecule has 0 atom stereocenters. The van der Waals surface area contributed by atoms with Gasteiger partial charge in [-0.15, -0.1) is 0 Å². The number of hydrogen-bond donors (Lipinski definition) is 2. The summed E-state index contributed by atoms with van der Waals surface area (Å²) in [6, 6.07) is 8.80. The van der Waals surface area contributed by atoms with Crippen LogP contribution in [0.15, 0.2) is 41.3 Å². The lowest BCUT2D eigenvalue weighted by Gasteiger charge is -2.44. The molecular formula is C23H30N4O2. The van der Waals surface area contributed by atoms with Crippen LogP contribution in [0.5, 0.6) is 0 Å². The molecule has 0 aromatic carbocycles. The average Bonchev–Trinajstić information content (AvgIpc) is 2.76. The number of likely N-dealkylation sites (tertiary alicyclic amines) is 1. The fourth-order valence-corrected chi connectivity index (χ4v) is 4.80. The molecule has 0 unspecified atom stereocenters. The quantitative estimate of drug-likeness (QED) is 0.816. The Morgan fingerprint density at radius 1 is 1.07 bits per heavy atom. The largest absolute Gasteiger partial charge is 0.351 e. The summed E-state index contributed by atoms with van der Waals surface area (Å²) in [7, 11) is 0. The molecule has 2 aromatic heterocycles. The molecule has 1 saturated heterocycles. The van der Waals surface area contributed by atoms with Gasteiger partial charge in [0.15, 0.2) is 0 Å². The fraction of sp³-hybridized carbons (Fsp3) is 0.522. The highest BCUT2D eigenvalue weighted by Crippen LogP contribution is 2.44. The molecule has 2 N–H and O–H groups in total. The number of nitrogens with one attached hydrogen (secondary N) is 2. The standard InChI is InChI=1S/C23H30N4O2/c28-21(18-7-8-20(26-22(18)29)19-6-2-5-13-24-19)25-14-17-27-15-11-23(12-16-27)9-3-1-4-10-23/h2,5-8,13H,1,3-4,9-12,14-17H2,(H,25,28)(H,26,29). The molecule has 1 saturated carbocycles. The number of nitrogens with zero attached hydrogens (tertiary/aromatic N) is 2. The number of H-pyrrole nitrogens is 1. The molecule has 1 aliphatic carbocycles. The van der Waals surface area contributed by atoms with Crippen molar-refractivity contribution in [2.45, 2.75) is 44.9 Å². The Bertz CT molecular complexity index is 877. The van der Waals surface area contributed by atoms with E-state index in [0.29, 0.717) is 23.3 Å². The minimum atomic E-state index is -0.386. The first-order valence-electron chi connectivity index (χ1n) is 10.8. The number of carbonyl (C=O) groups is 1. The van der Waals surface area contributed by atoms with Crippen molar-refractivity contribution >= 4 is 5.91 Å². The molecule has 1 spiro atoms. The van der Waals surface area contributed by atoms with Gasteiger partial charge in [0.05, 0.1) is 11.4 Å². The van der Waals surface area contributed by atoms with E-state index in [9.17, 15) is 9.59 Å². The van der Waals surface area contributed by atoms with Gasteiger partial charge in [0.2, 0.25) is 0 Å². The second-order valence-electron chi connectivity index (χ2n) is 8.49. The van der Waals surface area contributed by atoms with Crippen molar-refractivity contribution in [2.24, 2.45) is 5.41 Å². The highest BCUT2D eigenvalue weighted by molar-refractivity contribution is 5.94. The van der Waals surface area contributed by atoms with Crippen LogP contribution in [0.3, 0.4) is 0 Å². The number of aromatic nitrogens is 2. The van der Waals surface area contributed by atoms with Crippen LogP contribution in [0.25, 0.3) is 11.4 Å². The monoisotopic (exact) mass is 394 g/mol. The van der Waals surface area contributed by atoms with Crippen LogP contribution in [-0.4, -0.2) is 47.0 Å². The summed E-state index contributed by atoms with van der Waals surface area (Å²) < 4.78 is 0. The van der Waals surface area contributed by atoms with Gasteiger partial charge in [-0.2, -0.15) is 0 Å². The molecule has 2 aromatic rings. The molecule has 1 aliphatic heterocycles. The molecule has 29 heavy (non-hydrogen) atoms. The highest BCUT2D eigenvalue weighted by atomic mass is 16.2. The highest BCUT2D eigenvalue weighted by Gasteiger charge is 2.35. The van der Waals surface area contributed by atoms with E-state index in [1.807, 2.05) is 18.2 Å². The normalized spacial score (nSPS) is 19.2. The van der Waals surface area contributed by atoms with Crippen LogP contribution in [0.4, 0.5) is 0 Å². The summed E-state index contributed by atoms with van der Waals surface area (Å²) in [5, 5.41) is 2.90. The van der Waals surface area contributed by atoms with E-state index >= 15 is 0 Å². The van der Waals surface area contributed by atoms with Crippen molar-refractivity contribution < 1.29 is 4.79 Å². The predicted octanol–water partition coefficient (Wildman–Crippen LogP) is 3.21. The van der Waals surface area contributed by atoms with Gasteiger partial charge in [0, 0.05) is 19.3 Å². The Hall–Kier alpha value is -2.47. The topological polar surface area (TPSA) is 78.1 Å². The van der Waals surface area contributed by atoms with Gasteiger partial charge in [-0.25, -0.2) is 0 Å². The summed E-state index contributed by atoms with van der Waals surface area (Å²) in [4.78, 5) is 34.2. The van der Waals surface area contributed by atoms with E-state index in [1.54, 1.807) is 18.3 Å². The third-order valence-electron chi connectivity index (χ3n) is 6.64. The first-order chi connectivity index (χ1) is 14.2. The summed E-state index contributed by atoms with van der Waals surface area (Å²) in [6.07, 6.45) is 11.2. The second kappa shape index (κ2) is 8.91. The van der Waals surface area contributed by atoms with E-state index in [1.165, 1.54) is 44.9 Å². The van der Waals surface area contributed by atoms with Crippen molar-refractivity contribution in [3.05, 3.63) is 52.4 Å². The lowest BCUT2D eigenvalue weighted by atomic mass is 9.68. The number of hydrogen-bond acceptors (Lipinski definition) is 4. The van der Waals surface area contributed by atoms with Crippen LogP contribution in [-0.2, 0) is 0 Å². The first kappa shape index (κ1) is 19.8. The molecule has 3 heterocycles. The maximum Gasteiger partial charge on any atom is 0.261 e. The van der Waals surface area contributed by atoms with Gasteiger partial charge >= 0.3 is 0 Å². The van der Waals surface area contributed by atoms with E-state index in [-0.39, 0.29) is 17.0 Å². The minimum Gasteiger partial charge on any atom is -0.351 e. The molecule has 2 fully saturated rings. The Morgan fingerprint density at radius 2 is 1.86 bits per heavy atom. The summed E-state index contributed by atoms with van der Waals surface area (Å²) in [5.74, 6) is -0.320. The van der Waals surface area contributed by atoms with Crippen molar-refractivity contribution in [2.75, 3.05) is 26.2 Å². The number of piperidine rings is 1. The smallest absolute Gasteiger partial charge is 0.261 e. The first-order valence-corrected chi connectivity index (χ1v) is 10.8. The molecule has 2 aliphatic rings. The van der Waals surface area contributed by atoms with Gasteiger partial charge in [-0.1, -0.05) is 25.3 Å². The van der Waals surface area contributed by atoms with E-state index < -0.39 is 0 Å². The van der Waals surface area contributed by atoms with Gasteiger partial charge < -0.3 is 15.2 Å². The molecule has 6 nitrogen and oxygen atoms in total. The second-order valence-corrected chi connectivity index (χ2v) is 8.49. The van der Waals surface area contributed by atoms with Crippen molar-refractivity contribution in [1.29, 1.82) is 0 Å². The maximum absolute atomic E-state index is 12.4. The third kappa shape index (κ3) is 4.75. The SMILES string of the molecule is O=C(NCCN1CCC2(CCCCC2)CC1)c1ccc(-c2ccccn2)[nH]c1=O. The van der Waals surface area contributed by atoms with Crippen molar-refractivity contribution in [3.8, 4) is 11.4 Å². The zero-order valence-electron chi connectivity index (χ0n) is 17.0. The van der Waals surface area contributed by atoms with Crippen LogP contribution in [0.1, 0.15) is 55.3 Å². The average molecular weight is 395 g/mol. The Labute approximate surface area is 171 Å². The summed E-state index contributed by atoms with van der Waals surface area (Å²) in [6.45, 7) is 3.64. The predicted molar refractivity (Wildman–Crippen MR) is 114 cm³/mol. The lowest BCUT2D eigenvalue weighted by molar-refractivity contribution is 0.0673. The number of aromatic amines is 1. The van der Waals surface area contributed by atoms with Crippen molar-refractivity contribution in [1.82, 2.24) is 20.2 Å². The molecule has 1 amide bonds. The van der Waals surface area contributed by atoms with Gasteiger partial charge in [-0.05, 0) is 68.5 Å². The number of amides is 1. The Morgan fingerprint density at radius 3 is 2.55 bits per heavy atom. The molecule has 0 radical (unpaired) electrons. The van der Waals surface area contributed by atoms with Gasteiger partial charge in [0.25, 0.3) is 11.5 Å². The minimum absolute atomic E-state index is 0.143. The number of pyridine rings is 2. The Balaban J connectivity index is 1.26. The third-order valence-corrected chi connectivity index (χ3v) is 6.64. The molecule has 4 rings (SSSR count).